The van der Waals surface area contributed by atoms with E-state index in [2.05, 4.69) is 15.9 Å². The first kappa shape index (κ1) is 14.9. The van der Waals surface area contributed by atoms with Gasteiger partial charge in [-0.1, -0.05) is 15.9 Å². The standard InChI is InChI=1S/C13H12BrF2NO3/c14-7-5-9(15)12(10(16)6-7)13(20)17(8-1-2-8)4-3-11(18)19/h5-6,8H,1-4H2,(H,18,19). The molecule has 0 heterocycles. The molecule has 1 fully saturated rings. The van der Waals surface area contributed by atoms with E-state index in [9.17, 15) is 18.4 Å². The van der Waals surface area contributed by atoms with E-state index in [1.54, 1.807) is 0 Å². The van der Waals surface area contributed by atoms with E-state index in [1.165, 1.54) is 4.90 Å². The molecule has 1 aromatic rings. The monoisotopic (exact) mass is 347 g/mol. The number of benzene rings is 1. The Morgan fingerprint density at radius 1 is 1.30 bits per heavy atom. The average Bonchev–Trinajstić information content (AvgIpc) is 3.11. The number of aliphatic carboxylic acids is 1. The molecule has 0 radical (unpaired) electrons. The fraction of sp³-hybridized carbons (Fsp3) is 0.385. The van der Waals surface area contributed by atoms with Crippen LogP contribution in [-0.4, -0.2) is 34.5 Å². The van der Waals surface area contributed by atoms with Crippen LogP contribution in [-0.2, 0) is 4.79 Å². The number of halogens is 3. The van der Waals surface area contributed by atoms with Crippen molar-refractivity contribution in [2.45, 2.75) is 25.3 Å². The predicted octanol–water partition coefficient (Wildman–Crippen LogP) is 2.81. The average molecular weight is 348 g/mol. The Balaban J connectivity index is 2.25. The summed E-state index contributed by atoms with van der Waals surface area (Å²) < 4.78 is 27.7. The van der Waals surface area contributed by atoms with Crippen molar-refractivity contribution >= 4 is 27.8 Å². The number of carboxylic acid groups (broad SMARTS) is 1. The van der Waals surface area contributed by atoms with Crippen molar-refractivity contribution < 1.29 is 23.5 Å². The number of rotatable bonds is 5. The summed E-state index contributed by atoms with van der Waals surface area (Å²) in [5.74, 6) is -3.76. The SMILES string of the molecule is O=C(O)CCN(C(=O)c1c(F)cc(Br)cc1F)C1CC1. The highest BCUT2D eigenvalue weighted by Crippen LogP contribution is 2.30. The van der Waals surface area contributed by atoms with Gasteiger partial charge in [-0.25, -0.2) is 8.78 Å². The van der Waals surface area contributed by atoms with Gasteiger partial charge in [0.2, 0.25) is 0 Å². The van der Waals surface area contributed by atoms with E-state index in [0.717, 1.165) is 25.0 Å². The second kappa shape index (κ2) is 5.87. The van der Waals surface area contributed by atoms with Crippen molar-refractivity contribution in [2.75, 3.05) is 6.54 Å². The summed E-state index contributed by atoms with van der Waals surface area (Å²) in [7, 11) is 0. The maximum Gasteiger partial charge on any atom is 0.305 e. The quantitative estimate of drug-likeness (QED) is 0.890. The van der Waals surface area contributed by atoms with Gasteiger partial charge in [0, 0.05) is 17.1 Å². The molecule has 0 aliphatic heterocycles. The van der Waals surface area contributed by atoms with Crippen LogP contribution < -0.4 is 0 Å². The van der Waals surface area contributed by atoms with Gasteiger partial charge in [-0.15, -0.1) is 0 Å². The van der Waals surface area contributed by atoms with Crippen LogP contribution in [0.4, 0.5) is 8.78 Å². The molecule has 1 amide bonds. The first-order valence-electron chi connectivity index (χ1n) is 6.07. The molecule has 0 unspecified atom stereocenters. The zero-order valence-electron chi connectivity index (χ0n) is 10.4. The molecule has 0 saturated heterocycles. The minimum absolute atomic E-state index is 0.0478. The lowest BCUT2D eigenvalue weighted by Gasteiger charge is -2.22. The molecule has 1 aliphatic carbocycles. The lowest BCUT2D eigenvalue weighted by atomic mass is 10.1. The molecular formula is C13H12BrF2NO3. The first-order chi connectivity index (χ1) is 9.40. The predicted molar refractivity (Wildman–Crippen MR) is 70.4 cm³/mol. The number of hydrogen-bond donors (Lipinski definition) is 1. The first-order valence-corrected chi connectivity index (χ1v) is 6.86. The summed E-state index contributed by atoms with van der Waals surface area (Å²) in [5, 5.41) is 8.67. The minimum Gasteiger partial charge on any atom is -0.481 e. The number of carbonyl (C=O) groups excluding carboxylic acids is 1. The maximum atomic E-state index is 13.8. The summed E-state index contributed by atoms with van der Waals surface area (Å²) >= 11 is 2.94. The maximum absolute atomic E-state index is 13.8. The molecular weight excluding hydrogens is 336 g/mol. The Hall–Kier alpha value is -1.50. The lowest BCUT2D eigenvalue weighted by molar-refractivity contribution is -0.137. The van der Waals surface area contributed by atoms with Crippen LogP contribution in [0.5, 0.6) is 0 Å². The molecule has 108 valence electrons. The van der Waals surface area contributed by atoms with Crippen LogP contribution in [0.3, 0.4) is 0 Å². The zero-order chi connectivity index (χ0) is 14.9. The fourth-order valence-electron chi connectivity index (χ4n) is 1.94. The minimum atomic E-state index is -1.06. The summed E-state index contributed by atoms with van der Waals surface area (Å²) in [5.41, 5.74) is -0.634. The number of hydrogen-bond acceptors (Lipinski definition) is 2. The van der Waals surface area contributed by atoms with Crippen molar-refractivity contribution in [3.63, 3.8) is 0 Å². The summed E-state index contributed by atoms with van der Waals surface area (Å²) in [6.45, 7) is -0.0478. The summed E-state index contributed by atoms with van der Waals surface area (Å²) in [6.07, 6.45) is 1.21. The molecule has 4 nitrogen and oxygen atoms in total. The van der Waals surface area contributed by atoms with Gasteiger partial charge in [-0.05, 0) is 25.0 Å². The molecule has 2 rings (SSSR count). The van der Waals surface area contributed by atoms with Crippen LogP contribution in [0.25, 0.3) is 0 Å². The van der Waals surface area contributed by atoms with Crippen molar-refractivity contribution in [3.8, 4) is 0 Å². The fourth-order valence-corrected chi connectivity index (χ4v) is 2.34. The van der Waals surface area contributed by atoms with Crippen LogP contribution in [0.2, 0.25) is 0 Å². The topological polar surface area (TPSA) is 57.6 Å². The smallest absolute Gasteiger partial charge is 0.305 e. The molecule has 1 aromatic carbocycles. The number of carbonyl (C=O) groups is 2. The van der Waals surface area contributed by atoms with E-state index in [1.807, 2.05) is 0 Å². The third-order valence-electron chi connectivity index (χ3n) is 3.04. The van der Waals surface area contributed by atoms with Gasteiger partial charge < -0.3 is 10.0 Å². The van der Waals surface area contributed by atoms with Gasteiger partial charge in [0.15, 0.2) is 0 Å². The highest BCUT2D eigenvalue weighted by molar-refractivity contribution is 9.10. The molecule has 0 spiro atoms. The van der Waals surface area contributed by atoms with Crippen LogP contribution >= 0.6 is 15.9 Å². The Labute approximate surface area is 122 Å². The van der Waals surface area contributed by atoms with E-state index < -0.39 is 29.1 Å². The molecule has 1 saturated carbocycles. The third kappa shape index (κ3) is 3.33. The van der Waals surface area contributed by atoms with E-state index in [4.69, 9.17) is 5.11 Å². The van der Waals surface area contributed by atoms with Crippen LogP contribution in [0, 0.1) is 11.6 Å². The van der Waals surface area contributed by atoms with Crippen LogP contribution in [0.15, 0.2) is 16.6 Å². The second-order valence-corrected chi connectivity index (χ2v) is 5.53. The second-order valence-electron chi connectivity index (χ2n) is 4.62. The van der Waals surface area contributed by atoms with Crippen molar-refractivity contribution in [1.29, 1.82) is 0 Å². The van der Waals surface area contributed by atoms with Gasteiger partial charge in [0.25, 0.3) is 5.91 Å². The molecule has 0 bridgehead atoms. The Kier molecular flexibility index (Phi) is 4.37. The van der Waals surface area contributed by atoms with Gasteiger partial charge in [0.05, 0.1) is 6.42 Å². The van der Waals surface area contributed by atoms with Gasteiger partial charge >= 0.3 is 5.97 Å². The van der Waals surface area contributed by atoms with Gasteiger partial charge in [0.1, 0.15) is 17.2 Å². The Morgan fingerprint density at radius 2 is 1.85 bits per heavy atom. The number of nitrogens with zero attached hydrogens (tertiary/aromatic N) is 1. The third-order valence-corrected chi connectivity index (χ3v) is 3.49. The molecule has 1 aliphatic rings. The molecule has 0 aromatic heterocycles. The molecule has 1 N–H and O–H groups in total. The molecule has 7 heteroatoms. The Bertz CT molecular complexity index is 538. The molecule has 20 heavy (non-hydrogen) atoms. The van der Waals surface area contributed by atoms with Crippen molar-refractivity contribution in [2.24, 2.45) is 0 Å². The van der Waals surface area contributed by atoms with Crippen molar-refractivity contribution in [3.05, 3.63) is 33.8 Å². The lowest BCUT2D eigenvalue weighted by Crippen LogP contribution is -2.36. The summed E-state index contributed by atoms with van der Waals surface area (Å²) in [4.78, 5) is 24.1. The van der Waals surface area contributed by atoms with E-state index >= 15 is 0 Å². The number of amides is 1. The largest absolute Gasteiger partial charge is 0.481 e. The number of carboxylic acids is 1. The van der Waals surface area contributed by atoms with Gasteiger partial charge in [-0.2, -0.15) is 0 Å². The normalized spacial score (nSPS) is 14.2. The van der Waals surface area contributed by atoms with Crippen LogP contribution in [0.1, 0.15) is 29.6 Å². The molecule has 0 atom stereocenters. The zero-order valence-corrected chi connectivity index (χ0v) is 12.0. The van der Waals surface area contributed by atoms with E-state index in [0.29, 0.717) is 0 Å². The highest BCUT2D eigenvalue weighted by Gasteiger charge is 2.35. The van der Waals surface area contributed by atoms with Gasteiger partial charge in [-0.3, -0.25) is 9.59 Å². The summed E-state index contributed by atoms with van der Waals surface area (Å²) in [6, 6.07) is 1.90. The Morgan fingerprint density at radius 3 is 2.30 bits per heavy atom. The van der Waals surface area contributed by atoms with E-state index in [-0.39, 0.29) is 23.5 Å². The van der Waals surface area contributed by atoms with Crippen molar-refractivity contribution in [1.82, 2.24) is 4.90 Å². The highest BCUT2D eigenvalue weighted by atomic mass is 79.9.